The number of benzene rings is 1. The smallest absolute Gasteiger partial charge is 0.211 e. The molecule has 0 aliphatic heterocycles. The van der Waals surface area contributed by atoms with E-state index in [2.05, 4.69) is 21.8 Å². The van der Waals surface area contributed by atoms with Crippen molar-refractivity contribution in [2.45, 2.75) is 26.8 Å². The molecule has 2 aromatic rings. The van der Waals surface area contributed by atoms with Crippen molar-refractivity contribution in [2.75, 3.05) is 5.32 Å². The number of aryl methyl sites for hydroxylation is 2. The molecule has 0 saturated carbocycles. The molecule has 0 fully saturated rings. The van der Waals surface area contributed by atoms with E-state index >= 15 is 0 Å². The number of carbonyl (C=O) groups excluding carboxylic acids is 1. The predicted octanol–water partition coefficient (Wildman–Crippen LogP) is 2.32. The predicted molar refractivity (Wildman–Crippen MR) is 64.4 cm³/mol. The van der Waals surface area contributed by atoms with Crippen LogP contribution in [0, 0.1) is 6.92 Å². The molecular weight excluding hydrogens is 202 g/mol. The van der Waals surface area contributed by atoms with Crippen molar-refractivity contribution in [1.82, 2.24) is 9.55 Å². The second-order valence-corrected chi connectivity index (χ2v) is 3.78. The van der Waals surface area contributed by atoms with Crippen molar-refractivity contribution in [3.05, 3.63) is 24.0 Å². The molecule has 1 heterocycles. The van der Waals surface area contributed by atoms with Crippen LogP contribution in [0.2, 0.25) is 0 Å². The first-order valence-corrected chi connectivity index (χ1v) is 5.43. The topological polar surface area (TPSA) is 46.9 Å². The van der Waals surface area contributed by atoms with Crippen LogP contribution in [-0.2, 0) is 11.3 Å². The van der Waals surface area contributed by atoms with Crippen molar-refractivity contribution < 1.29 is 4.79 Å². The molecule has 84 valence electrons. The van der Waals surface area contributed by atoms with Crippen LogP contribution < -0.4 is 5.32 Å². The zero-order chi connectivity index (χ0) is 11.5. The molecule has 1 aromatic carbocycles. The molecule has 4 nitrogen and oxygen atoms in total. The van der Waals surface area contributed by atoms with Crippen LogP contribution in [0.3, 0.4) is 0 Å². The SMILES string of the molecule is CCCn1c(C)nc2cc(NC=O)ccc21. The summed E-state index contributed by atoms with van der Waals surface area (Å²) in [5.41, 5.74) is 2.83. The first-order chi connectivity index (χ1) is 7.76. The number of nitrogens with zero attached hydrogens (tertiary/aromatic N) is 2. The van der Waals surface area contributed by atoms with Crippen LogP contribution in [0.1, 0.15) is 19.2 Å². The maximum atomic E-state index is 10.3. The molecule has 0 aliphatic carbocycles. The quantitative estimate of drug-likeness (QED) is 0.799. The molecule has 0 unspecified atom stereocenters. The average Bonchev–Trinajstić information content (AvgIpc) is 2.56. The third-order valence-corrected chi connectivity index (χ3v) is 2.61. The van der Waals surface area contributed by atoms with Crippen LogP contribution >= 0.6 is 0 Å². The molecule has 0 saturated heterocycles. The molecule has 16 heavy (non-hydrogen) atoms. The summed E-state index contributed by atoms with van der Waals surface area (Å²) in [7, 11) is 0. The van der Waals surface area contributed by atoms with E-state index in [1.807, 2.05) is 25.1 Å². The lowest BCUT2D eigenvalue weighted by Crippen LogP contribution is -1.99. The summed E-state index contributed by atoms with van der Waals surface area (Å²) in [6.45, 7) is 5.12. The second kappa shape index (κ2) is 4.35. The number of fused-ring (bicyclic) bond motifs is 1. The summed E-state index contributed by atoms with van der Waals surface area (Å²) in [6.07, 6.45) is 1.76. The molecule has 0 radical (unpaired) electrons. The van der Waals surface area contributed by atoms with E-state index < -0.39 is 0 Å². The van der Waals surface area contributed by atoms with Gasteiger partial charge in [-0.15, -0.1) is 0 Å². The van der Waals surface area contributed by atoms with Crippen LogP contribution in [0.15, 0.2) is 18.2 Å². The molecule has 1 amide bonds. The molecule has 4 heteroatoms. The van der Waals surface area contributed by atoms with Crippen LogP contribution in [0.25, 0.3) is 11.0 Å². The van der Waals surface area contributed by atoms with Crippen LogP contribution in [0.5, 0.6) is 0 Å². The van der Waals surface area contributed by atoms with Gasteiger partial charge in [0.2, 0.25) is 6.41 Å². The summed E-state index contributed by atoms with van der Waals surface area (Å²) < 4.78 is 2.19. The number of imidazole rings is 1. The monoisotopic (exact) mass is 217 g/mol. The minimum absolute atomic E-state index is 0.678. The molecule has 2 rings (SSSR count). The second-order valence-electron chi connectivity index (χ2n) is 3.78. The number of anilines is 1. The van der Waals surface area contributed by atoms with Crippen LogP contribution in [0.4, 0.5) is 5.69 Å². The van der Waals surface area contributed by atoms with Gasteiger partial charge in [-0.2, -0.15) is 0 Å². The fourth-order valence-corrected chi connectivity index (χ4v) is 1.91. The molecule has 0 bridgehead atoms. The van der Waals surface area contributed by atoms with E-state index in [0.29, 0.717) is 6.41 Å². The largest absolute Gasteiger partial charge is 0.329 e. The Hall–Kier alpha value is -1.84. The lowest BCUT2D eigenvalue weighted by molar-refractivity contribution is -0.105. The lowest BCUT2D eigenvalue weighted by Gasteiger charge is -2.04. The standard InChI is InChI=1S/C12H15N3O/c1-3-6-15-9(2)14-11-7-10(13-8-16)4-5-12(11)15/h4-5,7-8H,3,6H2,1-2H3,(H,13,16). The number of amides is 1. The van der Waals surface area contributed by atoms with Crippen molar-refractivity contribution in [3.63, 3.8) is 0 Å². The zero-order valence-corrected chi connectivity index (χ0v) is 9.53. The Balaban J connectivity index is 2.51. The molecule has 0 atom stereocenters. The van der Waals surface area contributed by atoms with E-state index in [1.54, 1.807) is 0 Å². The van der Waals surface area contributed by atoms with Crippen molar-refractivity contribution in [3.8, 4) is 0 Å². The van der Waals surface area contributed by atoms with Crippen molar-refractivity contribution in [2.24, 2.45) is 0 Å². The van der Waals surface area contributed by atoms with E-state index in [1.165, 1.54) is 0 Å². The Bertz CT molecular complexity index is 516. The zero-order valence-electron chi connectivity index (χ0n) is 9.53. The fourth-order valence-electron chi connectivity index (χ4n) is 1.91. The number of carbonyl (C=O) groups is 1. The summed E-state index contributed by atoms with van der Waals surface area (Å²) in [6, 6.07) is 5.78. The first kappa shape index (κ1) is 10.7. The minimum Gasteiger partial charge on any atom is -0.329 e. The molecule has 1 aromatic heterocycles. The van der Waals surface area contributed by atoms with Gasteiger partial charge in [0, 0.05) is 12.2 Å². The van der Waals surface area contributed by atoms with Crippen LogP contribution in [-0.4, -0.2) is 16.0 Å². The highest BCUT2D eigenvalue weighted by molar-refractivity contribution is 5.83. The van der Waals surface area contributed by atoms with Gasteiger partial charge in [-0.1, -0.05) is 6.92 Å². The Morgan fingerprint density at radius 3 is 3.00 bits per heavy atom. The molecule has 0 aliphatic rings. The van der Waals surface area contributed by atoms with Gasteiger partial charge in [0.15, 0.2) is 0 Å². The lowest BCUT2D eigenvalue weighted by atomic mass is 10.2. The third kappa shape index (κ3) is 1.78. The minimum atomic E-state index is 0.678. The van der Waals surface area contributed by atoms with Gasteiger partial charge in [-0.3, -0.25) is 4.79 Å². The van der Waals surface area contributed by atoms with Gasteiger partial charge in [0.1, 0.15) is 5.82 Å². The number of rotatable bonds is 4. The van der Waals surface area contributed by atoms with Gasteiger partial charge < -0.3 is 9.88 Å². The summed E-state index contributed by atoms with van der Waals surface area (Å²) >= 11 is 0. The molecular formula is C12H15N3O. The first-order valence-electron chi connectivity index (χ1n) is 5.43. The van der Waals surface area contributed by atoms with Gasteiger partial charge in [0.05, 0.1) is 11.0 Å². The number of hydrogen-bond acceptors (Lipinski definition) is 2. The Morgan fingerprint density at radius 1 is 1.50 bits per heavy atom. The summed E-state index contributed by atoms with van der Waals surface area (Å²) in [5.74, 6) is 1.01. The van der Waals surface area contributed by atoms with Gasteiger partial charge in [-0.25, -0.2) is 4.98 Å². The normalized spacial score (nSPS) is 10.6. The van der Waals surface area contributed by atoms with Gasteiger partial charge >= 0.3 is 0 Å². The van der Waals surface area contributed by atoms with E-state index in [9.17, 15) is 4.79 Å². The summed E-state index contributed by atoms with van der Waals surface area (Å²) in [5, 5.41) is 2.63. The highest BCUT2D eigenvalue weighted by Crippen LogP contribution is 2.20. The van der Waals surface area contributed by atoms with Gasteiger partial charge in [0.25, 0.3) is 0 Å². The van der Waals surface area contributed by atoms with Crippen molar-refractivity contribution >= 4 is 23.1 Å². The maximum Gasteiger partial charge on any atom is 0.211 e. The highest BCUT2D eigenvalue weighted by Gasteiger charge is 2.06. The number of hydrogen-bond donors (Lipinski definition) is 1. The Labute approximate surface area is 94.3 Å². The fraction of sp³-hybridized carbons (Fsp3) is 0.333. The number of aromatic nitrogens is 2. The van der Waals surface area contributed by atoms with E-state index in [-0.39, 0.29) is 0 Å². The van der Waals surface area contributed by atoms with Crippen molar-refractivity contribution in [1.29, 1.82) is 0 Å². The Kier molecular flexibility index (Phi) is 2.90. The molecule has 0 spiro atoms. The third-order valence-electron chi connectivity index (χ3n) is 2.61. The maximum absolute atomic E-state index is 10.3. The van der Waals surface area contributed by atoms with Gasteiger partial charge in [-0.05, 0) is 31.5 Å². The number of nitrogens with one attached hydrogen (secondary N) is 1. The molecule has 1 N–H and O–H groups in total. The Morgan fingerprint density at radius 2 is 2.31 bits per heavy atom. The highest BCUT2D eigenvalue weighted by atomic mass is 16.1. The average molecular weight is 217 g/mol. The van der Waals surface area contributed by atoms with E-state index in [4.69, 9.17) is 0 Å². The van der Waals surface area contributed by atoms with E-state index in [0.717, 1.165) is 35.5 Å². The summed E-state index contributed by atoms with van der Waals surface area (Å²) in [4.78, 5) is 14.8.